The number of piperidine rings is 1. The zero-order chi connectivity index (χ0) is 13.1. The van der Waals surface area contributed by atoms with Gasteiger partial charge in [0.15, 0.2) is 5.78 Å². The molecular weight excluding hydrogens is 230 g/mol. The minimum absolute atomic E-state index is 0.0497. The normalized spacial score (nSPS) is 33.2. The maximum Gasteiger partial charge on any atom is 0.320 e. The highest BCUT2D eigenvalue weighted by atomic mass is 16.2. The third-order valence-electron chi connectivity index (χ3n) is 4.71. The van der Waals surface area contributed by atoms with Crippen LogP contribution in [0.25, 0.3) is 0 Å². The highest BCUT2D eigenvalue weighted by Gasteiger charge is 2.61. The number of ketones is 1. The number of carbonyl (C=O) groups excluding carboxylic acids is 2. The molecule has 2 heterocycles. The predicted octanol–water partition coefficient (Wildman–Crippen LogP) is 0.706. The smallest absolute Gasteiger partial charge is 0.320 e. The van der Waals surface area contributed by atoms with Gasteiger partial charge in [-0.1, -0.05) is 0 Å². The van der Waals surface area contributed by atoms with E-state index < -0.39 is 0 Å². The molecule has 18 heavy (non-hydrogen) atoms. The highest BCUT2D eigenvalue weighted by molar-refractivity contribution is 5.88. The zero-order valence-electron chi connectivity index (χ0n) is 10.8. The molecule has 2 N–H and O–H groups in total. The number of fused-ring (bicyclic) bond motifs is 3. The van der Waals surface area contributed by atoms with Crippen LogP contribution < -0.4 is 5.73 Å². The van der Waals surface area contributed by atoms with Crippen molar-refractivity contribution in [2.24, 2.45) is 11.1 Å². The van der Waals surface area contributed by atoms with E-state index in [4.69, 9.17) is 5.73 Å². The van der Waals surface area contributed by atoms with Gasteiger partial charge >= 0.3 is 6.03 Å². The first-order chi connectivity index (χ1) is 8.44. The third-order valence-corrected chi connectivity index (χ3v) is 4.71. The maximum absolute atomic E-state index is 12.2. The second-order valence-corrected chi connectivity index (χ2v) is 5.90. The average Bonchev–Trinajstić information content (AvgIpc) is 3.01. The maximum atomic E-state index is 12.2. The molecule has 2 saturated heterocycles. The summed E-state index contributed by atoms with van der Waals surface area (Å²) in [7, 11) is 1.88. The second kappa shape index (κ2) is 3.49. The SMILES string of the molecule is CC(=O)C=C(N)C1CC2(CC2)C2CN1C(=O)N2C. The summed E-state index contributed by atoms with van der Waals surface area (Å²) in [5.74, 6) is -0.0560. The molecule has 3 fully saturated rings. The van der Waals surface area contributed by atoms with Crippen molar-refractivity contribution < 1.29 is 9.59 Å². The summed E-state index contributed by atoms with van der Waals surface area (Å²) in [6.07, 6.45) is 4.72. The first-order valence-corrected chi connectivity index (χ1v) is 6.46. The van der Waals surface area contributed by atoms with E-state index in [1.807, 2.05) is 16.8 Å². The molecule has 1 aliphatic carbocycles. The molecule has 2 unspecified atom stereocenters. The van der Waals surface area contributed by atoms with Gasteiger partial charge in [0.1, 0.15) is 0 Å². The lowest BCUT2D eigenvalue weighted by atomic mass is 9.84. The number of urea groups is 1. The quantitative estimate of drug-likeness (QED) is 0.733. The van der Waals surface area contributed by atoms with E-state index in [9.17, 15) is 9.59 Å². The van der Waals surface area contributed by atoms with Gasteiger partial charge in [0.05, 0.1) is 12.1 Å². The van der Waals surface area contributed by atoms with Crippen molar-refractivity contribution in [3.8, 4) is 0 Å². The van der Waals surface area contributed by atoms with Gasteiger partial charge in [-0.05, 0) is 31.6 Å². The molecule has 0 aromatic rings. The Morgan fingerprint density at radius 1 is 1.50 bits per heavy atom. The van der Waals surface area contributed by atoms with Crippen LogP contribution in [0.4, 0.5) is 4.79 Å². The van der Waals surface area contributed by atoms with Crippen molar-refractivity contribution >= 4 is 11.8 Å². The molecule has 2 atom stereocenters. The summed E-state index contributed by atoms with van der Waals surface area (Å²) < 4.78 is 0. The van der Waals surface area contributed by atoms with Gasteiger partial charge in [0.25, 0.3) is 0 Å². The lowest BCUT2D eigenvalue weighted by molar-refractivity contribution is -0.112. The number of allylic oxidation sites excluding steroid dienone is 1. The van der Waals surface area contributed by atoms with E-state index in [-0.39, 0.29) is 23.3 Å². The molecule has 3 rings (SSSR count). The Balaban J connectivity index is 1.93. The number of hydrogen-bond donors (Lipinski definition) is 1. The van der Waals surface area contributed by atoms with E-state index in [1.165, 1.54) is 25.8 Å². The number of carbonyl (C=O) groups is 2. The number of nitrogens with zero attached hydrogens (tertiary/aromatic N) is 2. The first kappa shape index (κ1) is 11.6. The van der Waals surface area contributed by atoms with Crippen molar-refractivity contribution in [1.29, 1.82) is 0 Å². The van der Waals surface area contributed by atoms with Crippen LogP contribution in [0.2, 0.25) is 0 Å². The summed E-state index contributed by atoms with van der Waals surface area (Å²) in [6, 6.07) is 0.296. The number of hydrogen-bond acceptors (Lipinski definition) is 3. The highest BCUT2D eigenvalue weighted by Crippen LogP contribution is 2.59. The molecule has 1 spiro atoms. The Hall–Kier alpha value is -1.52. The van der Waals surface area contributed by atoms with Gasteiger partial charge in [-0.25, -0.2) is 4.79 Å². The molecule has 2 bridgehead atoms. The van der Waals surface area contributed by atoms with Crippen LogP contribution in [0.15, 0.2) is 11.8 Å². The fraction of sp³-hybridized carbons (Fsp3) is 0.692. The van der Waals surface area contributed by atoms with Crippen molar-refractivity contribution in [2.75, 3.05) is 13.6 Å². The Morgan fingerprint density at radius 3 is 2.72 bits per heavy atom. The Kier molecular flexibility index (Phi) is 2.24. The van der Waals surface area contributed by atoms with Gasteiger partial charge in [0, 0.05) is 25.4 Å². The second-order valence-electron chi connectivity index (χ2n) is 5.90. The largest absolute Gasteiger partial charge is 0.400 e. The summed E-state index contributed by atoms with van der Waals surface area (Å²) >= 11 is 0. The Morgan fingerprint density at radius 2 is 2.17 bits per heavy atom. The topological polar surface area (TPSA) is 66.6 Å². The average molecular weight is 249 g/mol. The molecule has 1 saturated carbocycles. The number of rotatable bonds is 2. The van der Waals surface area contributed by atoms with Gasteiger partial charge in [-0.2, -0.15) is 0 Å². The van der Waals surface area contributed by atoms with Crippen molar-refractivity contribution in [1.82, 2.24) is 9.80 Å². The van der Waals surface area contributed by atoms with Crippen LogP contribution in [0.5, 0.6) is 0 Å². The van der Waals surface area contributed by atoms with Gasteiger partial charge in [0.2, 0.25) is 0 Å². The summed E-state index contributed by atoms with van der Waals surface area (Å²) in [6.45, 7) is 2.25. The molecule has 5 heteroatoms. The molecule has 98 valence electrons. The number of likely N-dealkylation sites (N-methyl/N-ethyl adjacent to an activating group) is 1. The standard InChI is InChI=1S/C13H19N3O2/c1-8(17)5-9(14)10-6-13(3-4-13)11-7-16(10)12(18)15(11)2/h5,10-11H,3-4,6-7,14H2,1-2H3. The van der Waals surface area contributed by atoms with Gasteiger partial charge in [-0.15, -0.1) is 0 Å². The minimum Gasteiger partial charge on any atom is -0.400 e. The third kappa shape index (κ3) is 1.46. The fourth-order valence-corrected chi connectivity index (χ4v) is 3.55. The van der Waals surface area contributed by atoms with Crippen LogP contribution >= 0.6 is 0 Å². The minimum atomic E-state index is -0.0925. The van der Waals surface area contributed by atoms with Crippen LogP contribution in [-0.4, -0.2) is 47.3 Å². The summed E-state index contributed by atoms with van der Waals surface area (Å²) in [4.78, 5) is 27.0. The van der Waals surface area contributed by atoms with Crippen molar-refractivity contribution in [2.45, 2.75) is 38.3 Å². The lowest BCUT2D eigenvalue weighted by Crippen LogP contribution is -2.47. The predicted molar refractivity (Wildman–Crippen MR) is 66.7 cm³/mol. The van der Waals surface area contributed by atoms with Gasteiger partial charge < -0.3 is 15.5 Å². The van der Waals surface area contributed by atoms with Gasteiger partial charge in [-0.3, -0.25) is 4.79 Å². The Labute approximate surface area is 107 Å². The van der Waals surface area contributed by atoms with Crippen molar-refractivity contribution in [3.63, 3.8) is 0 Å². The zero-order valence-corrected chi connectivity index (χ0v) is 10.8. The monoisotopic (exact) mass is 249 g/mol. The molecule has 0 aromatic heterocycles. The summed E-state index contributed by atoms with van der Waals surface area (Å²) in [5, 5.41) is 0. The van der Waals surface area contributed by atoms with E-state index in [2.05, 4.69) is 0 Å². The van der Waals surface area contributed by atoms with Crippen LogP contribution in [0, 0.1) is 5.41 Å². The molecule has 3 aliphatic rings. The van der Waals surface area contributed by atoms with Crippen molar-refractivity contribution in [3.05, 3.63) is 11.8 Å². The van der Waals surface area contributed by atoms with Crippen LogP contribution in [-0.2, 0) is 4.79 Å². The summed E-state index contributed by atoms with van der Waals surface area (Å²) in [5.41, 5.74) is 6.82. The Bertz CT molecular complexity index is 453. The number of amides is 2. The molecule has 5 nitrogen and oxygen atoms in total. The molecular formula is C13H19N3O2. The fourth-order valence-electron chi connectivity index (χ4n) is 3.55. The molecule has 0 radical (unpaired) electrons. The molecule has 2 amide bonds. The van der Waals surface area contributed by atoms with E-state index in [0.29, 0.717) is 11.7 Å². The number of nitrogens with two attached hydrogens (primary N) is 1. The van der Waals surface area contributed by atoms with Crippen LogP contribution in [0.1, 0.15) is 26.2 Å². The lowest BCUT2D eigenvalue weighted by Gasteiger charge is -2.37. The van der Waals surface area contributed by atoms with E-state index >= 15 is 0 Å². The van der Waals surface area contributed by atoms with E-state index in [0.717, 1.165) is 13.0 Å². The van der Waals surface area contributed by atoms with Crippen LogP contribution in [0.3, 0.4) is 0 Å². The molecule has 2 aliphatic heterocycles. The van der Waals surface area contributed by atoms with E-state index in [1.54, 1.807) is 0 Å². The molecule has 0 aromatic carbocycles. The first-order valence-electron chi connectivity index (χ1n) is 6.46.